The molecule has 2 rings (SSSR count). The highest BCUT2D eigenvalue weighted by atomic mass is 16.6. The standard InChI is InChI=1S/C12H16N2O3/c1-9-7-10(14(15)16)3-4-12(9)17-11-5-6-13(2)8-11/h3-4,7,11H,5-6,8H2,1-2H3/t11-/m0/s1. The highest BCUT2D eigenvalue weighted by molar-refractivity contribution is 5.43. The molecule has 0 unspecified atom stereocenters. The highest BCUT2D eigenvalue weighted by Gasteiger charge is 2.21. The Balaban J connectivity index is 2.09. The van der Waals surface area contributed by atoms with E-state index in [1.807, 2.05) is 6.92 Å². The minimum Gasteiger partial charge on any atom is -0.489 e. The van der Waals surface area contributed by atoms with E-state index >= 15 is 0 Å². The van der Waals surface area contributed by atoms with Crippen LogP contribution in [0.15, 0.2) is 18.2 Å². The number of likely N-dealkylation sites (N-methyl/N-ethyl adjacent to an activating group) is 1. The Morgan fingerprint density at radius 3 is 2.82 bits per heavy atom. The number of likely N-dealkylation sites (tertiary alicyclic amines) is 1. The molecule has 1 saturated heterocycles. The molecule has 0 saturated carbocycles. The second-order valence-corrected chi connectivity index (χ2v) is 4.50. The van der Waals surface area contributed by atoms with Crippen molar-refractivity contribution in [2.75, 3.05) is 20.1 Å². The fourth-order valence-corrected chi connectivity index (χ4v) is 2.05. The van der Waals surface area contributed by atoms with Crippen LogP contribution in [-0.2, 0) is 0 Å². The predicted molar refractivity (Wildman–Crippen MR) is 64.4 cm³/mol. The van der Waals surface area contributed by atoms with Gasteiger partial charge < -0.3 is 9.64 Å². The number of non-ortho nitro benzene ring substituents is 1. The molecule has 1 aromatic rings. The number of benzene rings is 1. The van der Waals surface area contributed by atoms with Crippen molar-refractivity contribution in [2.45, 2.75) is 19.4 Å². The van der Waals surface area contributed by atoms with Crippen molar-refractivity contribution in [3.05, 3.63) is 33.9 Å². The molecule has 5 nitrogen and oxygen atoms in total. The smallest absolute Gasteiger partial charge is 0.269 e. The number of nitro groups is 1. The molecule has 5 heteroatoms. The lowest BCUT2D eigenvalue weighted by molar-refractivity contribution is -0.384. The third kappa shape index (κ3) is 2.74. The molecule has 0 N–H and O–H groups in total. The molecule has 1 fully saturated rings. The van der Waals surface area contributed by atoms with Crippen molar-refractivity contribution in [1.82, 2.24) is 4.90 Å². The maximum Gasteiger partial charge on any atom is 0.269 e. The van der Waals surface area contributed by atoms with Gasteiger partial charge in [0.05, 0.1) is 4.92 Å². The summed E-state index contributed by atoms with van der Waals surface area (Å²) in [7, 11) is 2.06. The molecule has 1 atom stereocenters. The molecule has 1 heterocycles. The lowest BCUT2D eigenvalue weighted by Gasteiger charge is -2.15. The second kappa shape index (κ2) is 4.71. The van der Waals surface area contributed by atoms with Crippen LogP contribution in [0.3, 0.4) is 0 Å². The van der Waals surface area contributed by atoms with Gasteiger partial charge in [-0.15, -0.1) is 0 Å². The summed E-state index contributed by atoms with van der Waals surface area (Å²) in [5.74, 6) is 0.746. The van der Waals surface area contributed by atoms with Gasteiger partial charge in [-0.2, -0.15) is 0 Å². The quantitative estimate of drug-likeness (QED) is 0.595. The average molecular weight is 236 g/mol. The number of hydrogen-bond donors (Lipinski definition) is 0. The fraction of sp³-hybridized carbons (Fsp3) is 0.500. The van der Waals surface area contributed by atoms with E-state index in [-0.39, 0.29) is 16.7 Å². The summed E-state index contributed by atoms with van der Waals surface area (Å²) in [5.41, 5.74) is 0.923. The van der Waals surface area contributed by atoms with Gasteiger partial charge in [0.1, 0.15) is 11.9 Å². The minimum atomic E-state index is -0.389. The number of rotatable bonds is 3. The van der Waals surface area contributed by atoms with E-state index in [1.54, 1.807) is 12.1 Å². The Bertz CT molecular complexity index is 434. The van der Waals surface area contributed by atoms with Gasteiger partial charge in [-0.1, -0.05) is 0 Å². The molecule has 1 aromatic carbocycles. The molecule has 17 heavy (non-hydrogen) atoms. The number of hydrogen-bond acceptors (Lipinski definition) is 4. The minimum absolute atomic E-state index is 0.110. The normalized spacial score (nSPS) is 20.5. The number of nitrogens with zero attached hydrogens (tertiary/aromatic N) is 2. The summed E-state index contributed by atoms with van der Waals surface area (Å²) >= 11 is 0. The predicted octanol–water partition coefficient (Wildman–Crippen LogP) is 1.99. The Kier molecular flexibility index (Phi) is 3.28. The van der Waals surface area contributed by atoms with Crippen molar-refractivity contribution in [3.63, 3.8) is 0 Å². The summed E-state index contributed by atoms with van der Waals surface area (Å²) in [5, 5.41) is 10.6. The van der Waals surface area contributed by atoms with Crippen LogP contribution in [-0.4, -0.2) is 36.1 Å². The van der Waals surface area contributed by atoms with Crippen molar-refractivity contribution in [2.24, 2.45) is 0 Å². The Hall–Kier alpha value is -1.62. The highest BCUT2D eigenvalue weighted by Crippen LogP contribution is 2.25. The van der Waals surface area contributed by atoms with E-state index in [2.05, 4.69) is 11.9 Å². The van der Waals surface area contributed by atoms with E-state index in [0.717, 1.165) is 30.8 Å². The summed E-state index contributed by atoms with van der Waals surface area (Å²) in [6.07, 6.45) is 1.20. The van der Waals surface area contributed by atoms with Gasteiger partial charge in [0.25, 0.3) is 5.69 Å². The van der Waals surface area contributed by atoms with Gasteiger partial charge >= 0.3 is 0 Å². The first-order valence-corrected chi connectivity index (χ1v) is 5.66. The van der Waals surface area contributed by atoms with Gasteiger partial charge in [-0.3, -0.25) is 10.1 Å². The van der Waals surface area contributed by atoms with Crippen molar-refractivity contribution in [3.8, 4) is 5.75 Å². The Morgan fingerprint density at radius 2 is 2.29 bits per heavy atom. The molecule has 1 aliphatic rings. The summed E-state index contributed by atoms with van der Waals surface area (Å²) in [6, 6.07) is 4.72. The SMILES string of the molecule is Cc1cc([N+](=O)[O-])ccc1O[C@H]1CCN(C)C1. The second-order valence-electron chi connectivity index (χ2n) is 4.50. The van der Waals surface area contributed by atoms with Gasteiger partial charge in [-0.25, -0.2) is 0 Å². The Morgan fingerprint density at radius 1 is 1.53 bits per heavy atom. The van der Waals surface area contributed by atoms with Crippen LogP contribution < -0.4 is 4.74 Å². The molecule has 0 radical (unpaired) electrons. The van der Waals surface area contributed by atoms with Crippen LogP contribution in [0, 0.1) is 17.0 Å². The molecule has 0 aromatic heterocycles. The van der Waals surface area contributed by atoms with Crippen molar-refractivity contribution >= 4 is 5.69 Å². The first-order valence-electron chi connectivity index (χ1n) is 5.66. The maximum absolute atomic E-state index is 10.6. The van der Waals surface area contributed by atoms with Crippen LogP contribution in [0.5, 0.6) is 5.75 Å². The van der Waals surface area contributed by atoms with E-state index < -0.39 is 0 Å². The van der Waals surface area contributed by atoms with Gasteiger partial charge in [-0.05, 0) is 32.0 Å². The van der Waals surface area contributed by atoms with E-state index in [9.17, 15) is 10.1 Å². The lowest BCUT2D eigenvalue weighted by Crippen LogP contribution is -2.21. The molecule has 0 spiro atoms. The topological polar surface area (TPSA) is 55.6 Å². The molecule has 0 amide bonds. The molecule has 1 aliphatic heterocycles. The van der Waals surface area contributed by atoms with Crippen LogP contribution in [0.2, 0.25) is 0 Å². The van der Waals surface area contributed by atoms with Gasteiger partial charge in [0.2, 0.25) is 0 Å². The third-order valence-electron chi connectivity index (χ3n) is 3.01. The first kappa shape index (κ1) is 11.9. The van der Waals surface area contributed by atoms with Crippen LogP contribution in [0.1, 0.15) is 12.0 Å². The average Bonchev–Trinajstić information content (AvgIpc) is 2.67. The van der Waals surface area contributed by atoms with Crippen molar-refractivity contribution < 1.29 is 9.66 Å². The van der Waals surface area contributed by atoms with Crippen LogP contribution in [0.4, 0.5) is 5.69 Å². The molecular formula is C12H16N2O3. The van der Waals surface area contributed by atoms with E-state index in [4.69, 9.17) is 4.74 Å². The zero-order valence-corrected chi connectivity index (χ0v) is 10.0. The van der Waals surface area contributed by atoms with Crippen LogP contribution >= 0.6 is 0 Å². The summed E-state index contributed by atoms with van der Waals surface area (Å²) in [6.45, 7) is 3.79. The van der Waals surface area contributed by atoms with Crippen molar-refractivity contribution in [1.29, 1.82) is 0 Å². The molecule has 92 valence electrons. The first-order chi connectivity index (χ1) is 8.06. The van der Waals surface area contributed by atoms with Gasteiger partial charge in [0.15, 0.2) is 0 Å². The summed E-state index contributed by atoms with van der Waals surface area (Å²) in [4.78, 5) is 12.4. The number of nitro benzene ring substituents is 1. The number of ether oxygens (including phenoxy) is 1. The third-order valence-corrected chi connectivity index (χ3v) is 3.01. The molecular weight excluding hydrogens is 220 g/mol. The van der Waals surface area contributed by atoms with E-state index in [1.165, 1.54) is 6.07 Å². The molecule has 0 aliphatic carbocycles. The van der Waals surface area contributed by atoms with Crippen LogP contribution in [0.25, 0.3) is 0 Å². The Labute approximate surface area is 100 Å². The van der Waals surface area contributed by atoms with Gasteiger partial charge in [0, 0.05) is 25.2 Å². The maximum atomic E-state index is 10.6. The monoisotopic (exact) mass is 236 g/mol. The zero-order chi connectivity index (χ0) is 12.4. The summed E-state index contributed by atoms with van der Waals surface area (Å²) < 4.78 is 5.85. The number of aryl methyl sites for hydroxylation is 1. The zero-order valence-electron chi connectivity index (χ0n) is 10.0. The molecule has 0 bridgehead atoms. The fourth-order valence-electron chi connectivity index (χ4n) is 2.05. The lowest BCUT2D eigenvalue weighted by atomic mass is 10.2. The van der Waals surface area contributed by atoms with E-state index in [0.29, 0.717) is 0 Å². The largest absolute Gasteiger partial charge is 0.489 e.